The highest BCUT2D eigenvalue weighted by Gasteiger charge is 2.03. The zero-order valence-corrected chi connectivity index (χ0v) is 9.08. The third-order valence-corrected chi connectivity index (χ3v) is 2.68. The molecular formula is C10H8ClNOS. The highest BCUT2D eigenvalue weighted by molar-refractivity contribution is 7.71. The van der Waals surface area contributed by atoms with Crippen LogP contribution in [0.4, 0.5) is 0 Å². The Balaban J connectivity index is 2.87. The summed E-state index contributed by atoms with van der Waals surface area (Å²) in [6, 6.07) is 5.49. The first kappa shape index (κ1) is 9.49. The quantitative estimate of drug-likeness (QED) is 0.751. The Morgan fingerprint density at radius 2 is 2.21 bits per heavy atom. The second-order valence-electron chi connectivity index (χ2n) is 2.87. The molecule has 72 valence electrons. The lowest BCUT2D eigenvalue weighted by molar-refractivity contribution is 0.415. The molecule has 0 unspecified atom stereocenters. The van der Waals surface area contributed by atoms with E-state index in [1.54, 1.807) is 13.3 Å². The highest BCUT2D eigenvalue weighted by Crippen LogP contribution is 2.29. The summed E-state index contributed by atoms with van der Waals surface area (Å²) in [5.74, 6) is 0.643. The maximum atomic E-state index is 5.98. The fraction of sp³-hybridized carbons (Fsp3) is 0.100. The minimum atomic E-state index is 0.580. The zero-order chi connectivity index (χ0) is 10.1. The second-order valence-corrected chi connectivity index (χ2v) is 3.72. The molecule has 0 amide bonds. The number of hydrogen-bond donors (Lipinski definition) is 1. The van der Waals surface area contributed by atoms with Crippen molar-refractivity contribution in [1.29, 1.82) is 0 Å². The van der Waals surface area contributed by atoms with E-state index in [4.69, 9.17) is 28.6 Å². The minimum Gasteiger partial charge on any atom is -0.495 e. The Kier molecular flexibility index (Phi) is 2.44. The van der Waals surface area contributed by atoms with Crippen LogP contribution in [0.2, 0.25) is 5.02 Å². The van der Waals surface area contributed by atoms with Crippen LogP contribution in [0.1, 0.15) is 0 Å². The van der Waals surface area contributed by atoms with Gasteiger partial charge in [0, 0.05) is 21.6 Å². The summed E-state index contributed by atoms with van der Waals surface area (Å²) in [5.41, 5.74) is 0.920. The van der Waals surface area contributed by atoms with Crippen molar-refractivity contribution < 1.29 is 4.74 Å². The van der Waals surface area contributed by atoms with Gasteiger partial charge < -0.3 is 9.72 Å². The molecule has 1 heterocycles. The van der Waals surface area contributed by atoms with Crippen LogP contribution >= 0.6 is 23.8 Å². The van der Waals surface area contributed by atoms with Gasteiger partial charge >= 0.3 is 0 Å². The molecule has 0 aliphatic heterocycles. The van der Waals surface area contributed by atoms with Gasteiger partial charge in [-0.05, 0) is 18.2 Å². The third kappa shape index (κ3) is 1.49. The van der Waals surface area contributed by atoms with E-state index in [0.29, 0.717) is 10.8 Å². The van der Waals surface area contributed by atoms with Crippen molar-refractivity contribution in [3.05, 3.63) is 33.9 Å². The number of aromatic nitrogens is 1. The molecule has 0 aliphatic rings. The van der Waals surface area contributed by atoms with E-state index in [0.717, 1.165) is 15.4 Å². The number of pyridine rings is 1. The van der Waals surface area contributed by atoms with Crippen molar-refractivity contribution in [2.45, 2.75) is 0 Å². The summed E-state index contributed by atoms with van der Waals surface area (Å²) in [6.45, 7) is 0. The van der Waals surface area contributed by atoms with E-state index < -0.39 is 0 Å². The molecule has 2 nitrogen and oxygen atoms in total. The lowest BCUT2D eigenvalue weighted by Crippen LogP contribution is -1.86. The van der Waals surface area contributed by atoms with Gasteiger partial charge in [0.15, 0.2) is 0 Å². The molecule has 0 fully saturated rings. The Morgan fingerprint density at radius 3 is 2.93 bits per heavy atom. The largest absolute Gasteiger partial charge is 0.495 e. The van der Waals surface area contributed by atoms with Crippen molar-refractivity contribution in [2.75, 3.05) is 7.11 Å². The van der Waals surface area contributed by atoms with E-state index in [-0.39, 0.29) is 0 Å². The molecule has 0 radical (unpaired) electrons. The fourth-order valence-electron chi connectivity index (χ4n) is 1.33. The molecule has 0 saturated carbocycles. The molecule has 0 bridgehead atoms. The lowest BCUT2D eigenvalue weighted by atomic mass is 10.2. The van der Waals surface area contributed by atoms with Crippen molar-refractivity contribution in [2.24, 2.45) is 0 Å². The Hall–Kier alpha value is -1.06. The van der Waals surface area contributed by atoms with Gasteiger partial charge in [-0.25, -0.2) is 0 Å². The van der Waals surface area contributed by atoms with Crippen LogP contribution in [0.3, 0.4) is 0 Å². The number of rotatable bonds is 1. The number of fused-ring (bicyclic) bond motifs is 1. The van der Waals surface area contributed by atoms with Gasteiger partial charge in [0.1, 0.15) is 5.75 Å². The first-order chi connectivity index (χ1) is 6.72. The molecule has 0 saturated heterocycles. The number of nitrogens with one attached hydrogen (secondary N) is 1. The normalized spacial score (nSPS) is 10.4. The zero-order valence-electron chi connectivity index (χ0n) is 7.50. The predicted octanol–water partition coefficient (Wildman–Crippen LogP) is 3.56. The molecular weight excluding hydrogens is 218 g/mol. The minimum absolute atomic E-state index is 0.580. The van der Waals surface area contributed by atoms with E-state index in [2.05, 4.69) is 4.98 Å². The SMILES string of the molecule is COc1cc2c(=S)cc[nH]c2cc1Cl. The summed E-state index contributed by atoms with van der Waals surface area (Å²) >= 11 is 11.2. The van der Waals surface area contributed by atoms with Gasteiger partial charge in [-0.15, -0.1) is 0 Å². The molecule has 0 atom stereocenters. The highest BCUT2D eigenvalue weighted by atomic mass is 35.5. The first-order valence-corrected chi connectivity index (χ1v) is 4.86. The molecule has 0 aliphatic carbocycles. The molecule has 2 rings (SSSR count). The van der Waals surface area contributed by atoms with E-state index in [1.165, 1.54) is 0 Å². The molecule has 1 aromatic heterocycles. The number of benzene rings is 1. The molecule has 0 spiro atoms. The summed E-state index contributed by atoms with van der Waals surface area (Å²) in [7, 11) is 1.59. The fourth-order valence-corrected chi connectivity index (χ4v) is 1.81. The number of aromatic amines is 1. The molecule has 1 aromatic carbocycles. The number of hydrogen-bond acceptors (Lipinski definition) is 2. The number of H-pyrrole nitrogens is 1. The second kappa shape index (κ2) is 3.59. The van der Waals surface area contributed by atoms with Crippen molar-refractivity contribution in [3.8, 4) is 5.75 Å². The van der Waals surface area contributed by atoms with Gasteiger partial charge in [-0.1, -0.05) is 23.8 Å². The first-order valence-electron chi connectivity index (χ1n) is 4.07. The van der Waals surface area contributed by atoms with Crippen LogP contribution in [-0.2, 0) is 0 Å². The number of ether oxygens (including phenoxy) is 1. The van der Waals surface area contributed by atoms with Gasteiger partial charge in [0.25, 0.3) is 0 Å². The van der Waals surface area contributed by atoms with Crippen LogP contribution in [-0.4, -0.2) is 12.1 Å². The van der Waals surface area contributed by atoms with Crippen LogP contribution in [0, 0.1) is 4.51 Å². The smallest absolute Gasteiger partial charge is 0.138 e. The topological polar surface area (TPSA) is 25.0 Å². The maximum absolute atomic E-state index is 5.98. The summed E-state index contributed by atoms with van der Waals surface area (Å²) in [4.78, 5) is 3.08. The van der Waals surface area contributed by atoms with Crippen LogP contribution < -0.4 is 4.74 Å². The van der Waals surface area contributed by atoms with Crippen LogP contribution in [0.25, 0.3) is 10.9 Å². The van der Waals surface area contributed by atoms with Crippen molar-refractivity contribution >= 4 is 34.7 Å². The van der Waals surface area contributed by atoms with Crippen molar-refractivity contribution in [1.82, 2.24) is 4.98 Å². The molecule has 4 heteroatoms. The maximum Gasteiger partial charge on any atom is 0.138 e. The molecule has 2 aromatic rings. The van der Waals surface area contributed by atoms with Gasteiger partial charge in [0.05, 0.1) is 12.1 Å². The van der Waals surface area contributed by atoms with E-state index >= 15 is 0 Å². The summed E-state index contributed by atoms with van der Waals surface area (Å²) in [5, 5.41) is 1.53. The number of halogens is 1. The predicted molar refractivity (Wildman–Crippen MR) is 60.7 cm³/mol. The summed E-state index contributed by atoms with van der Waals surface area (Å²) < 4.78 is 5.90. The van der Waals surface area contributed by atoms with Gasteiger partial charge in [0.2, 0.25) is 0 Å². The Labute approximate surface area is 91.5 Å². The molecule has 14 heavy (non-hydrogen) atoms. The summed E-state index contributed by atoms with van der Waals surface area (Å²) in [6.07, 6.45) is 1.80. The monoisotopic (exact) mass is 225 g/mol. The van der Waals surface area contributed by atoms with Gasteiger partial charge in [-0.3, -0.25) is 0 Å². The van der Waals surface area contributed by atoms with Gasteiger partial charge in [-0.2, -0.15) is 0 Å². The Bertz CT molecular complexity index is 535. The van der Waals surface area contributed by atoms with Crippen molar-refractivity contribution in [3.63, 3.8) is 0 Å². The standard InChI is InChI=1S/C10H8ClNOS/c1-13-9-4-6-8(5-7(9)11)12-3-2-10(6)14/h2-5H,1H3,(H,12,14). The van der Waals surface area contributed by atoms with Crippen LogP contribution in [0.15, 0.2) is 24.4 Å². The number of methoxy groups -OCH3 is 1. The third-order valence-electron chi connectivity index (χ3n) is 2.03. The van der Waals surface area contributed by atoms with E-state index in [9.17, 15) is 0 Å². The molecule has 1 N–H and O–H groups in total. The van der Waals surface area contributed by atoms with Crippen LogP contribution in [0.5, 0.6) is 5.75 Å². The lowest BCUT2D eigenvalue weighted by Gasteiger charge is -2.04. The average Bonchev–Trinajstić information content (AvgIpc) is 2.17. The van der Waals surface area contributed by atoms with E-state index in [1.807, 2.05) is 18.2 Å². The Morgan fingerprint density at radius 1 is 1.43 bits per heavy atom. The average molecular weight is 226 g/mol.